The van der Waals surface area contributed by atoms with Gasteiger partial charge in [-0.3, -0.25) is 4.79 Å². The zero-order chi connectivity index (χ0) is 15.3. The number of nitrogens with one attached hydrogen (secondary N) is 1. The summed E-state index contributed by atoms with van der Waals surface area (Å²) in [5.74, 6) is 0.989. The van der Waals surface area contributed by atoms with Crippen LogP contribution in [0.15, 0.2) is 12.1 Å². The molecule has 0 aromatic heterocycles. The summed E-state index contributed by atoms with van der Waals surface area (Å²) in [4.78, 5) is 12.0. The van der Waals surface area contributed by atoms with Gasteiger partial charge in [0.25, 0.3) is 0 Å². The number of halogens is 1. The van der Waals surface area contributed by atoms with Crippen LogP contribution in [-0.4, -0.2) is 33.3 Å². The Hall–Kier alpha value is -1.66. The Bertz CT molecular complexity index is 455. The van der Waals surface area contributed by atoms with E-state index in [2.05, 4.69) is 5.32 Å². The summed E-state index contributed by atoms with van der Waals surface area (Å²) < 4.78 is 15.7. The second-order valence-corrected chi connectivity index (χ2v) is 4.55. The van der Waals surface area contributed by atoms with Crippen LogP contribution in [0.25, 0.3) is 0 Å². The zero-order valence-electron chi connectivity index (χ0n) is 12.9. The lowest BCUT2D eigenvalue weighted by atomic mass is 10.0. The highest BCUT2D eigenvalue weighted by Gasteiger charge is 2.19. The topological polar surface area (TPSA) is 82.8 Å². The summed E-state index contributed by atoms with van der Waals surface area (Å²) >= 11 is 0. The highest BCUT2D eigenvalue weighted by atomic mass is 35.5. The summed E-state index contributed by atoms with van der Waals surface area (Å²) in [5, 5.41) is 2.79. The quantitative estimate of drug-likeness (QED) is 0.839. The summed E-state index contributed by atoms with van der Waals surface area (Å²) in [6, 6.07) is 3.12. The van der Waals surface area contributed by atoms with E-state index in [9.17, 15) is 4.79 Å². The third-order valence-corrected chi connectivity index (χ3v) is 3.13. The van der Waals surface area contributed by atoms with Crippen LogP contribution in [0.4, 0.5) is 5.69 Å². The predicted octanol–water partition coefficient (Wildman–Crippen LogP) is 2.06. The van der Waals surface area contributed by atoms with Crippen LogP contribution in [0.2, 0.25) is 0 Å². The van der Waals surface area contributed by atoms with E-state index < -0.39 is 0 Å². The molecule has 7 heteroatoms. The number of ether oxygens (including phenoxy) is 3. The lowest BCUT2D eigenvalue weighted by Gasteiger charge is -2.17. The van der Waals surface area contributed by atoms with Gasteiger partial charge in [0, 0.05) is 23.9 Å². The Balaban J connectivity index is 0.00000400. The van der Waals surface area contributed by atoms with E-state index in [1.165, 1.54) is 21.3 Å². The molecule has 0 spiro atoms. The van der Waals surface area contributed by atoms with Crippen LogP contribution < -0.4 is 25.3 Å². The van der Waals surface area contributed by atoms with Crippen molar-refractivity contribution in [1.29, 1.82) is 0 Å². The predicted molar refractivity (Wildman–Crippen MR) is 84.8 cm³/mol. The smallest absolute Gasteiger partial charge is 0.228 e. The van der Waals surface area contributed by atoms with Gasteiger partial charge in [0.1, 0.15) is 0 Å². The summed E-state index contributed by atoms with van der Waals surface area (Å²) in [7, 11) is 4.57. The van der Waals surface area contributed by atoms with Gasteiger partial charge >= 0.3 is 0 Å². The Labute approximate surface area is 131 Å². The fraction of sp³-hybridized carbons (Fsp3) is 0.500. The molecule has 0 fully saturated rings. The maximum absolute atomic E-state index is 12.0. The van der Waals surface area contributed by atoms with E-state index in [1.54, 1.807) is 26.0 Å². The van der Waals surface area contributed by atoms with Crippen molar-refractivity contribution < 1.29 is 19.0 Å². The van der Waals surface area contributed by atoms with Crippen molar-refractivity contribution in [2.45, 2.75) is 19.9 Å². The average molecular weight is 319 g/mol. The number of anilines is 1. The van der Waals surface area contributed by atoms with E-state index in [4.69, 9.17) is 19.9 Å². The molecule has 120 valence electrons. The van der Waals surface area contributed by atoms with Crippen LogP contribution in [0, 0.1) is 5.92 Å². The summed E-state index contributed by atoms with van der Waals surface area (Å²) in [6.07, 6.45) is 0. The first-order chi connectivity index (χ1) is 9.44. The van der Waals surface area contributed by atoms with E-state index in [0.717, 1.165) is 0 Å². The minimum Gasteiger partial charge on any atom is -0.493 e. The molecule has 2 atom stereocenters. The van der Waals surface area contributed by atoms with E-state index >= 15 is 0 Å². The highest BCUT2D eigenvalue weighted by molar-refractivity contribution is 5.93. The van der Waals surface area contributed by atoms with Crippen LogP contribution >= 0.6 is 12.4 Å². The van der Waals surface area contributed by atoms with Gasteiger partial charge in [-0.2, -0.15) is 0 Å². The molecule has 0 aliphatic carbocycles. The molecule has 0 radical (unpaired) electrons. The minimum absolute atomic E-state index is 0. The number of methoxy groups -OCH3 is 3. The van der Waals surface area contributed by atoms with Gasteiger partial charge in [-0.15, -0.1) is 12.4 Å². The fourth-order valence-corrected chi connectivity index (χ4v) is 1.65. The van der Waals surface area contributed by atoms with Crippen LogP contribution in [0.3, 0.4) is 0 Å². The van der Waals surface area contributed by atoms with Crippen molar-refractivity contribution in [2.75, 3.05) is 26.6 Å². The van der Waals surface area contributed by atoms with E-state index in [0.29, 0.717) is 22.9 Å². The lowest BCUT2D eigenvalue weighted by Crippen LogP contribution is -2.34. The zero-order valence-corrected chi connectivity index (χ0v) is 13.7. The first-order valence-corrected chi connectivity index (χ1v) is 6.31. The number of amides is 1. The molecule has 1 aromatic carbocycles. The molecule has 3 N–H and O–H groups in total. The minimum atomic E-state index is -0.297. The molecule has 0 heterocycles. The molecule has 1 aromatic rings. The molecule has 0 saturated carbocycles. The first-order valence-electron chi connectivity index (χ1n) is 6.31. The maximum Gasteiger partial charge on any atom is 0.228 e. The molecule has 0 aliphatic rings. The number of carbonyl (C=O) groups excluding carboxylic acids is 1. The molecular weight excluding hydrogens is 296 g/mol. The number of nitrogens with two attached hydrogens (primary N) is 1. The second kappa shape index (κ2) is 8.59. The Morgan fingerprint density at radius 2 is 1.57 bits per heavy atom. The van der Waals surface area contributed by atoms with Crippen LogP contribution in [0.5, 0.6) is 17.2 Å². The first kappa shape index (κ1) is 19.3. The molecule has 6 nitrogen and oxygen atoms in total. The second-order valence-electron chi connectivity index (χ2n) is 4.55. The molecule has 0 bridgehead atoms. The van der Waals surface area contributed by atoms with Gasteiger partial charge in [0.15, 0.2) is 11.5 Å². The van der Waals surface area contributed by atoms with Gasteiger partial charge in [-0.05, 0) is 6.92 Å². The van der Waals surface area contributed by atoms with Crippen molar-refractivity contribution in [1.82, 2.24) is 0 Å². The standard InChI is InChI=1S/C14H22N2O4.ClH/c1-8(9(2)15)14(17)16-10-6-11(18-3)13(20-5)12(7-10)19-4;/h6-9H,15H2,1-5H3,(H,16,17);1H. The normalized spacial score (nSPS) is 12.7. The fourth-order valence-electron chi connectivity index (χ4n) is 1.65. The lowest BCUT2D eigenvalue weighted by molar-refractivity contribution is -0.119. The van der Waals surface area contributed by atoms with Gasteiger partial charge in [0.05, 0.1) is 27.2 Å². The van der Waals surface area contributed by atoms with Crippen molar-refractivity contribution in [3.05, 3.63) is 12.1 Å². The molecule has 21 heavy (non-hydrogen) atoms. The maximum atomic E-state index is 12.0. The van der Waals surface area contributed by atoms with E-state index in [-0.39, 0.29) is 30.3 Å². The Morgan fingerprint density at radius 3 is 1.90 bits per heavy atom. The third kappa shape index (κ3) is 4.68. The number of hydrogen-bond donors (Lipinski definition) is 2. The molecule has 1 amide bonds. The van der Waals surface area contributed by atoms with Gasteiger partial charge in [-0.1, -0.05) is 6.92 Å². The Morgan fingerprint density at radius 1 is 1.10 bits per heavy atom. The average Bonchev–Trinajstić information content (AvgIpc) is 2.44. The van der Waals surface area contributed by atoms with Crippen molar-refractivity contribution in [3.8, 4) is 17.2 Å². The number of hydrogen-bond acceptors (Lipinski definition) is 5. The van der Waals surface area contributed by atoms with Crippen molar-refractivity contribution in [2.24, 2.45) is 11.7 Å². The molecule has 1 rings (SSSR count). The van der Waals surface area contributed by atoms with Crippen LogP contribution in [0.1, 0.15) is 13.8 Å². The molecule has 0 aliphatic heterocycles. The summed E-state index contributed by atoms with van der Waals surface area (Å²) in [5.41, 5.74) is 6.28. The molecular formula is C14H23ClN2O4. The van der Waals surface area contributed by atoms with E-state index in [1.807, 2.05) is 0 Å². The SMILES string of the molecule is COc1cc(NC(=O)C(C)C(C)N)cc(OC)c1OC.Cl. The number of carbonyl (C=O) groups is 1. The van der Waals surface area contributed by atoms with Crippen molar-refractivity contribution >= 4 is 24.0 Å². The molecule has 2 unspecified atom stereocenters. The number of benzene rings is 1. The van der Waals surface area contributed by atoms with Gasteiger partial charge in [-0.25, -0.2) is 0 Å². The summed E-state index contributed by atoms with van der Waals surface area (Å²) in [6.45, 7) is 3.57. The highest BCUT2D eigenvalue weighted by Crippen LogP contribution is 2.39. The van der Waals surface area contributed by atoms with Gasteiger partial charge in [0.2, 0.25) is 11.7 Å². The van der Waals surface area contributed by atoms with Crippen molar-refractivity contribution in [3.63, 3.8) is 0 Å². The third-order valence-electron chi connectivity index (χ3n) is 3.13. The largest absolute Gasteiger partial charge is 0.493 e. The molecule has 0 saturated heterocycles. The monoisotopic (exact) mass is 318 g/mol. The van der Waals surface area contributed by atoms with Crippen LogP contribution in [-0.2, 0) is 4.79 Å². The number of rotatable bonds is 6. The Kier molecular flexibility index (Phi) is 7.91. The van der Waals surface area contributed by atoms with Gasteiger partial charge < -0.3 is 25.3 Å².